The minimum atomic E-state index is -0.580. The number of benzene rings is 2. The number of amides is 2. The number of carbonyl (C=O) groups is 2. The number of halogens is 2. The number of nitrogens with one attached hydrogen (secondary N) is 2. The Balaban J connectivity index is 1.89. The van der Waals surface area contributed by atoms with Crippen LogP contribution in [-0.2, 0) is 4.79 Å². The highest BCUT2D eigenvalue weighted by Gasteiger charge is 2.17. The number of fused-ring (bicyclic) bond motifs is 1. The first-order chi connectivity index (χ1) is 11.5. The van der Waals surface area contributed by atoms with Gasteiger partial charge < -0.3 is 10.6 Å². The highest BCUT2D eigenvalue weighted by Crippen LogP contribution is 2.35. The summed E-state index contributed by atoms with van der Waals surface area (Å²) in [6.45, 7) is 1.28. The van der Waals surface area contributed by atoms with Gasteiger partial charge in [-0.3, -0.25) is 9.59 Å². The van der Waals surface area contributed by atoms with E-state index in [0.29, 0.717) is 15.6 Å². The largest absolute Gasteiger partial charge is 0.324 e. The second-order valence-electron chi connectivity index (χ2n) is 5.07. The molecule has 0 radical (unpaired) electrons. The van der Waals surface area contributed by atoms with Crippen LogP contribution in [0.15, 0.2) is 42.5 Å². The molecular weight excluding hydrogens is 351 g/mol. The third kappa shape index (κ3) is 3.25. The van der Waals surface area contributed by atoms with Gasteiger partial charge in [0.2, 0.25) is 5.91 Å². The normalized spacial score (nSPS) is 10.6. The first-order valence-electron chi connectivity index (χ1n) is 7.01. The number of anilines is 2. The van der Waals surface area contributed by atoms with Crippen molar-refractivity contribution in [3.63, 3.8) is 0 Å². The van der Waals surface area contributed by atoms with Crippen molar-refractivity contribution in [1.82, 2.24) is 0 Å². The van der Waals surface area contributed by atoms with Crippen LogP contribution in [0.1, 0.15) is 16.6 Å². The summed E-state index contributed by atoms with van der Waals surface area (Å²) in [5, 5.41) is 6.24. The van der Waals surface area contributed by atoms with Gasteiger partial charge in [-0.2, -0.15) is 0 Å². The molecule has 3 aromatic rings. The number of carbonyl (C=O) groups excluding carboxylic acids is 2. The van der Waals surface area contributed by atoms with Crippen LogP contribution in [0.4, 0.5) is 15.8 Å². The molecule has 2 amide bonds. The second kappa shape index (κ2) is 6.59. The van der Waals surface area contributed by atoms with Crippen molar-refractivity contribution in [2.45, 2.75) is 6.92 Å². The molecule has 0 fully saturated rings. The molecule has 1 aromatic heterocycles. The first kappa shape index (κ1) is 16.4. The van der Waals surface area contributed by atoms with Crippen LogP contribution < -0.4 is 10.6 Å². The van der Waals surface area contributed by atoms with Crippen molar-refractivity contribution in [1.29, 1.82) is 0 Å². The molecule has 3 rings (SSSR count). The number of hydrogen-bond donors (Lipinski definition) is 2. The van der Waals surface area contributed by atoms with Gasteiger partial charge in [-0.25, -0.2) is 4.39 Å². The van der Waals surface area contributed by atoms with Gasteiger partial charge in [-0.1, -0.05) is 29.8 Å². The second-order valence-corrected chi connectivity index (χ2v) is 6.50. The summed E-state index contributed by atoms with van der Waals surface area (Å²) in [6.07, 6.45) is 0. The van der Waals surface area contributed by atoms with E-state index in [2.05, 4.69) is 10.6 Å². The topological polar surface area (TPSA) is 58.2 Å². The maximum absolute atomic E-state index is 13.6. The summed E-state index contributed by atoms with van der Waals surface area (Å²) in [5.41, 5.74) is 0.362. The quantitative estimate of drug-likeness (QED) is 0.695. The minimum Gasteiger partial charge on any atom is -0.324 e. The Bertz CT molecular complexity index is 955. The Morgan fingerprint density at radius 3 is 2.58 bits per heavy atom. The van der Waals surface area contributed by atoms with Crippen LogP contribution in [0.25, 0.3) is 10.1 Å². The van der Waals surface area contributed by atoms with E-state index in [-0.39, 0.29) is 11.6 Å². The van der Waals surface area contributed by atoms with E-state index >= 15 is 0 Å². The molecule has 0 aliphatic heterocycles. The fourth-order valence-electron chi connectivity index (χ4n) is 2.24. The van der Waals surface area contributed by atoms with Gasteiger partial charge in [-0.15, -0.1) is 11.3 Å². The summed E-state index contributed by atoms with van der Waals surface area (Å²) >= 11 is 7.56. The van der Waals surface area contributed by atoms with Crippen LogP contribution in [0.3, 0.4) is 0 Å². The van der Waals surface area contributed by atoms with E-state index in [1.807, 2.05) is 24.3 Å². The van der Waals surface area contributed by atoms with Crippen molar-refractivity contribution in [2.75, 3.05) is 10.6 Å². The molecule has 0 atom stereocenters. The molecule has 24 heavy (non-hydrogen) atoms. The van der Waals surface area contributed by atoms with E-state index < -0.39 is 11.7 Å². The Morgan fingerprint density at radius 2 is 1.88 bits per heavy atom. The zero-order valence-corrected chi connectivity index (χ0v) is 14.1. The van der Waals surface area contributed by atoms with Gasteiger partial charge in [0.15, 0.2) is 0 Å². The maximum Gasteiger partial charge on any atom is 0.267 e. The van der Waals surface area contributed by atoms with E-state index in [1.54, 1.807) is 0 Å². The third-order valence-corrected chi connectivity index (χ3v) is 4.95. The molecule has 2 aromatic carbocycles. The standard InChI is InChI=1S/C17H12ClFN2O2S/c1-9(22)20-13-8-10(6-7-12(13)19)21-17(23)16-15(18)11-4-2-3-5-14(11)24-16/h2-8H,1H3,(H,20,22)(H,21,23). The Morgan fingerprint density at radius 1 is 1.12 bits per heavy atom. The highest BCUT2D eigenvalue weighted by molar-refractivity contribution is 7.21. The lowest BCUT2D eigenvalue weighted by Gasteiger charge is -2.08. The lowest BCUT2D eigenvalue weighted by molar-refractivity contribution is -0.114. The zero-order chi connectivity index (χ0) is 17.3. The molecule has 0 bridgehead atoms. The van der Waals surface area contributed by atoms with Crippen molar-refractivity contribution >= 4 is 56.2 Å². The minimum absolute atomic E-state index is 0.00253. The monoisotopic (exact) mass is 362 g/mol. The molecule has 0 unspecified atom stereocenters. The average Bonchev–Trinajstić information content (AvgIpc) is 2.88. The van der Waals surface area contributed by atoms with Gasteiger partial charge >= 0.3 is 0 Å². The van der Waals surface area contributed by atoms with Crippen molar-refractivity contribution in [2.24, 2.45) is 0 Å². The van der Waals surface area contributed by atoms with E-state index in [1.165, 1.54) is 36.5 Å². The van der Waals surface area contributed by atoms with E-state index in [9.17, 15) is 14.0 Å². The van der Waals surface area contributed by atoms with Gasteiger partial charge in [0, 0.05) is 22.7 Å². The molecule has 7 heteroatoms. The number of rotatable bonds is 3. The predicted molar refractivity (Wildman–Crippen MR) is 95.5 cm³/mol. The molecule has 0 aliphatic carbocycles. The maximum atomic E-state index is 13.6. The summed E-state index contributed by atoms with van der Waals surface area (Å²) in [4.78, 5) is 23.9. The van der Waals surface area contributed by atoms with Gasteiger partial charge in [0.05, 0.1) is 10.7 Å². The van der Waals surface area contributed by atoms with E-state index in [0.717, 1.165) is 10.1 Å². The van der Waals surface area contributed by atoms with Crippen LogP contribution in [0.5, 0.6) is 0 Å². The molecular formula is C17H12ClFN2O2S. The fraction of sp³-hybridized carbons (Fsp3) is 0.0588. The van der Waals surface area contributed by atoms with Crippen LogP contribution in [0.2, 0.25) is 5.02 Å². The average molecular weight is 363 g/mol. The molecule has 4 nitrogen and oxygen atoms in total. The molecule has 0 spiro atoms. The van der Waals surface area contributed by atoms with Crippen molar-refractivity contribution in [3.05, 3.63) is 58.2 Å². The SMILES string of the molecule is CC(=O)Nc1cc(NC(=O)c2sc3ccccc3c2Cl)ccc1F. The summed E-state index contributed by atoms with van der Waals surface area (Å²) < 4.78 is 14.6. The lowest BCUT2D eigenvalue weighted by Crippen LogP contribution is -2.12. The Labute approximate surface area is 146 Å². The molecule has 0 saturated carbocycles. The predicted octanol–water partition coefficient (Wildman–Crippen LogP) is 4.90. The number of hydrogen-bond acceptors (Lipinski definition) is 3. The zero-order valence-electron chi connectivity index (χ0n) is 12.5. The molecule has 0 aliphatic rings. The van der Waals surface area contributed by atoms with Gasteiger partial charge in [0.1, 0.15) is 10.7 Å². The summed E-state index contributed by atoms with van der Waals surface area (Å²) in [7, 11) is 0. The fourth-order valence-corrected chi connectivity index (χ4v) is 3.65. The van der Waals surface area contributed by atoms with Crippen molar-refractivity contribution < 1.29 is 14.0 Å². The van der Waals surface area contributed by atoms with E-state index in [4.69, 9.17) is 11.6 Å². The van der Waals surface area contributed by atoms with Gasteiger partial charge in [-0.05, 0) is 24.3 Å². The Kier molecular flexibility index (Phi) is 4.51. The molecule has 122 valence electrons. The smallest absolute Gasteiger partial charge is 0.267 e. The van der Waals surface area contributed by atoms with Crippen LogP contribution in [0, 0.1) is 5.82 Å². The van der Waals surface area contributed by atoms with Gasteiger partial charge in [0.25, 0.3) is 5.91 Å². The highest BCUT2D eigenvalue weighted by atomic mass is 35.5. The molecule has 0 saturated heterocycles. The first-order valence-corrected chi connectivity index (χ1v) is 8.20. The number of thiophene rings is 1. The summed E-state index contributed by atoms with van der Waals surface area (Å²) in [5.74, 6) is -1.37. The van der Waals surface area contributed by atoms with Crippen LogP contribution in [-0.4, -0.2) is 11.8 Å². The Hall–Kier alpha value is -2.44. The lowest BCUT2D eigenvalue weighted by atomic mass is 10.2. The summed E-state index contributed by atoms with van der Waals surface area (Å²) in [6, 6.07) is 11.4. The van der Waals surface area contributed by atoms with Crippen LogP contribution >= 0.6 is 22.9 Å². The molecule has 1 heterocycles. The third-order valence-electron chi connectivity index (χ3n) is 3.28. The molecule has 2 N–H and O–H groups in total. The van der Waals surface area contributed by atoms with Crippen molar-refractivity contribution in [3.8, 4) is 0 Å².